The first kappa shape index (κ1) is 30.9. The molecule has 0 atom stereocenters. The molecule has 1 saturated heterocycles. The van der Waals surface area contributed by atoms with Gasteiger partial charge in [-0.2, -0.15) is 0 Å². The second-order valence-corrected chi connectivity index (χ2v) is 10.9. The van der Waals surface area contributed by atoms with Gasteiger partial charge in [0.25, 0.3) is 22.7 Å². The van der Waals surface area contributed by atoms with E-state index >= 15 is 0 Å². The van der Waals surface area contributed by atoms with Crippen LogP contribution in [0.25, 0.3) is 6.08 Å². The summed E-state index contributed by atoms with van der Waals surface area (Å²) in [6, 6.07) is 15.8. The zero-order valence-corrected chi connectivity index (χ0v) is 25.0. The van der Waals surface area contributed by atoms with Crippen LogP contribution in [0.3, 0.4) is 0 Å². The molecule has 13 heteroatoms. The quantitative estimate of drug-likeness (QED) is 0.137. The number of carbonyl (C=O) groups is 3. The zero-order valence-electron chi connectivity index (χ0n) is 22.6. The lowest BCUT2D eigenvalue weighted by atomic mass is 10.1. The predicted molar refractivity (Wildman–Crippen MR) is 165 cm³/mol. The van der Waals surface area contributed by atoms with Crippen molar-refractivity contribution in [2.75, 3.05) is 29.9 Å². The summed E-state index contributed by atoms with van der Waals surface area (Å²) >= 11 is 13.0. The average molecular weight is 630 g/mol. The highest BCUT2D eigenvalue weighted by Gasteiger charge is 2.35. The maximum atomic E-state index is 13.2. The van der Waals surface area contributed by atoms with E-state index < -0.39 is 28.6 Å². The first-order valence-electron chi connectivity index (χ1n) is 12.8. The number of carbonyl (C=O) groups excluding carboxylic acids is 3. The molecule has 1 heterocycles. The van der Waals surface area contributed by atoms with E-state index in [2.05, 4.69) is 10.2 Å². The molecule has 1 fully saturated rings. The monoisotopic (exact) mass is 628 g/mol. The van der Waals surface area contributed by atoms with Crippen LogP contribution in [0.2, 0.25) is 10.0 Å². The van der Waals surface area contributed by atoms with Crippen LogP contribution in [0.4, 0.5) is 21.9 Å². The van der Waals surface area contributed by atoms with Crippen molar-refractivity contribution in [1.29, 1.82) is 0 Å². The molecule has 1 aliphatic rings. The molecule has 10 nitrogen and oxygen atoms in total. The molecule has 3 aromatic rings. The third kappa shape index (κ3) is 7.41. The molecular formula is C29H26Cl2N4O6S. The van der Waals surface area contributed by atoms with Gasteiger partial charge in [0, 0.05) is 58.3 Å². The lowest BCUT2D eigenvalue weighted by Crippen LogP contribution is -2.27. The number of nitrogens with one attached hydrogen (secondary N) is 1. The number of anilines is 2. The summed E-state index contributed by atoms with van der Waals surface area (Å²) in [4.78, 5) is 52.5. The third-order valence-electron chi connectivity index (χ3n) is 6.33. The van der Waals surface area contributed by atoms with E-state index in [1.165, 1.54) is 24.3 Å². The predicted octanol–water partition coefficient (Wildman–Crippen LogP) is 7.00. The molecule has 0 radical (unpaired) electrons. The van der Waals surface area contributed by atoms with Gasteiger partial charge in [0.05, 0.1) is 16.4 Å². The number of halogens is 2. The maximum Gasteiger partial charge on any atom is 0.293 e. The molecule has 218 valence electrons. The van der Waals surface area contributed by atoms with Gasteiger partial charge in [-0.1, -0.05) is 35.3 Å². The minimum Gasteiger partial charge on any atom is -0.483 e. The van der Waals surface area contributed by atoms with Crippen LogP contribution in [0.5, 0.6) is 5.75 Å². The Morgan fingerprint density at radius 1 is 1.10 bits per heavy atom. The van der Waals surface area contributed by atoms with Crippen LogP contribution in [-0.2, 0) is 16.1 Å². The Morgan fingerprint density at radius 3 is 2.55 bits per heavy atom. The molecule has 1 N–H and O–H groups in total. The van der Waals surface area contributed by atoms with Gasteiger partial charge in [0.1, 0.15) is 5.75 Å². The van der Waals surface area contributed by atoms with E-state index in [1.54, 1.807) is 36.4 Å². The highest BCUT2D eigenvalue weighted by Crippen LogP contribution is 2.37. The number of nitro benzene ring substituents is 1. The lowest BCUT2D eigenvalue weighted by Gasteiger charge is -2.22. The summed E-state index contributed by atoms with van der Waals surface area (Å²) in [5.74, 6) is -0.700. The molecule has 3 amide bonds. The Morgan fingerprint density at radius 2 is 1.86 bits per heavy atom. The van der Waals surface area contributed by atoms with Crippen LogP contribution in [0, 0.1) is 10.1 Å². The summed E-state index contributed by atoms with van der Waals surface area (Å²) in [6.07, 6.45) is 1.55. The van der Waals surface area contributed by atoms with Gasteiger partial charge in [-0.15, -0.1) is 0 Å². The molecule has 42 heavy (non-hydrogen) atoms. The highest BCUT2D eigenvalue weighted by atomic mass is 35.5. The fourth-order valence-electron chi connectivity index (χ4n) is 4.19. The molecule has 1 aliphatic heterocycles. The molecule has 0 saturated carbocycles. The standard InChI is InChI=1S/C29H26Cl2N4O6S/c1-3-33(4-2)22-11-9-18(25(15-22)41-17-27(36)32-21-6-5-7-23(14-21)35(39)40)12-26-28(37)34(29(38)42-26)16-19-8-10-20(30)13-24(19)31/h5-15H,3-4,16-17H2,1-2H3,(H,32,36)/b26-12+. The van der Waals surface area contributed by atoms with Crippen LogP contribution < -0.4 is 15.0 Å². The van der Waals surface area contributed by atoms with Gasteiger partial charge in [0.2, 0.25) is 0 Å². The lowest BCUT2D eigenvalue weighted by molar-refractivity contribution is -0.384. The van der Waals surface area contributed by atoms with Gasteiger partial charge in [-0.3, -0.25) is 29.4 Å². The van der Waals surface area contributed by atoms with Crippen molar-refractivity contribution in [3.8, 4) is 5.75 Å². The van der Waals surface area contributed by atoms with Gasteiger partial charge in [-0.25, -0.2) is 0 Å². The summed E-state index contributed by atoms with van der Waals surface area (Å²) in [6.45, 7) is 5.06. The number of non-ortho nitro benzene ring substituents is 1. The van der Waals surface area contributed by atoms with Gasteiger partial charge in [-0.05, 0) is 67.6 Å². The molecule has 0 aliphatic carbocycles. The Hall–Kier alpha value is -4.06. The Bertz CT molecular complexity index is 1580. The summed E-state index contributed by atoms with van der Waals surface area (Å²) in [5.41, 5.74) is 2.01. The first-order chi connectivity index (χ1) is 20.1. The van der Waals surface area contributed by atoms with Crippen molar-refractivity contribution >= 4 is 75.2 Å². The van der Waals surface area contributed by atoms with Crippen LogP contribution >= 0.6 is 35.0 Å². The van der Waals surface area contributed by atoms with Crippen molar-refractivity contribution in [3.05, 3.63) is 96.9 Å². The fraction of sp³-hybridized carbons (Fsp3) is 0.207. The summed E-state index contributed by atoms with van der Waals surface area (Å²) in [5, 5.41) is 14.0. The second-order valence-electron chi connectivity index (χ2n) is 9.04. The van der Waals surface area contributed by atoms with Gasteiger partial charge >= 0.3 is 0 Å². The molecule has 4 rings (SSSR count). The smallest absolute Gasteiger partial charge is 0.293 e. The molecule has 0 aromatic heterocycles. The largest absolute Gasteiger partial charge is 0.483 e. The Kier molecular flexibility index (Phi) is 10.1. The topological polar surface area (TPSA) is 122 Å². The number of thioether (sulfide) groups is 1. The normalized spacial score (nSPS) is 13.9. The van der Waals surface area contributed by atoms with E-state index in [4.69, 9.17) is 27.9 Å². The van der Waals surface area contributed by atoms with Crippen molar-refractivity contribution in [1.82, 2.24) is 4.90 Å². The second kappa shape index (κ2) is 13.7. The third-order valence-corrected chi connectivity index (χ3v) is 7.82. The number of benzene rings is 3. The van der Waals surface area contributed by atoms with Gasteiger partial charge in [0.15, 0.2) is 6.61 Å². The van der Waals surface area contributed by atoms with E-state index in [1.807, 2.05) is 19.9 Å². The molecule has 0 bridgehead atoms. The van der Waals surface area contributed by atoms with Crippen molar-refractivity contribution in [2.45, 2.75) is 20.4 Å². The van der Waals surface area contributed by atoms with E-state index in [9.17, 15) is 24.5 Å². The average Bonchev–Trinajstić information content (AvgIpc) is 3.22. The Labute approximate surface area is 256 Å². The number of hydrogen-bond acceptors (Lipinski definition) is 8. The Balaban J connectivity index is 1.56. The summed E-state index contributed by atoms with van der Waals surface area (Å²) in [7, 11) is 0. The minimum atomic E-state index is -0.553. The molecular weight excluding hydrogens is 603 g/mol. The number of nitrogens with zero attached hydrogens (tertiary/aromatic N) is 3. The minimum absolute atomic E-state index is 0.0138. The van der Waals surface area contributed by atoms with Crippen molar-refractivity contribution in [2.24, 2.45) is 0 Å². The number of imide groups is 1. The number of nitro groups is 1. The van der Waals surface area contributed by atoms with Crippen molar-refractivity contribution < 1.29 is 24.0 Å². The number of ether oxygens (including phenoxy) is 1. The van der Waals surface area contributed by atoms with Crippen LogP contribution in [-0.4, -0.2) is 46.6 Å². The molecule has 3 aromatic carbocycles. The van der Waals surface area contributed by atoms with E-state index in [0.29, 0.717) is 26.9 Å². The first-order valence-corrected chi connectivity index (χ1v) is 14.4. The van der Waals surface area contributed by atoms with Crippen molar-refractivity contribution in [3.63, 3.8) is 0 Å². The van der Waals surface area contributed by atoms with Crippen LogP contribution in [0.1, 0.15) is 25.0 Å². The maximum absolute atomic E-state index is 13.2. The van der Waals surface area contributed by atoms with Crippen LogP contribution in [0.15, 0.2) is 65.6 Å². The number of hydrogen-bond donors (Lipinski definition) is 1. The van der Waals surface area contributed by atoms with E-state index in [0.717, 1.165) is 35.4 Å². The zero-order chi connectivity index (χ0) is 30.4. The fourth-order valence-corrected chi connectivity index (χ4v) is 5.49. The number of rotatable bonds is 11. The van der Waals surface area contributed by atoms with Gasteiger partial charge < -0.3 is 15.0 Å². The molecule has 0 spiro atoms. The number of amides is 3. The highest BCUT2D eigenvalue weighted by molar-refractivity contribution is 8.18. The van der Waals surface area contributed by atoms with E-state index in [-0.39, 0.29) is 22.8 Å². The summed E-state index contributed by atoms with van der Waals surface area (Å²) < 4.78 is 5.88. The SMILES string of the molecule is CCN(CC)c1ccc(/C=C2/SC(=O)N(Cc3ccc(Cl)cc3Cl)C2=O)c(OCC(=O)Nc2cccc([N+](=O)[O-])c2)c1. The molecule has 0 unspecified atom stereocenters.